The van der Waals surface area contributed by atoms with E-state index in [1.54, 1.807) is 30.5 Å². The summed E-state index contributed by atoms with van der Waals surface area (Å²) in [6.07, 6.45) is 1.78. The molecule has 5 nitrogen and oxygen atoms in total. The second kappa shape index (κ2) is 4.44. The number of halogens is 1. The fourth-order valence-electron chi connectivity index (χ4n) is 1.79. The first-order valence-electron chi connectivity index (χ1n) is 4.90. The minimum Gasteiger partial charge on any atom is -0.255 e. The minimum absolute atomic E-state index is 0.0960. The molecule has 1 fully saturated rings. The van der Waals surface area contributed by atoms with Crippen LogP contribution in [0.1, 0.15) is 11.6 Å². The van der Waals surface area contributed by atoms with Crippen molar-refractivity contribution < 1.29 is 9.59 Å². The first-order valence-corrected chi connectivity index (χ1v) is 5.28. The van der Waals surface area contributed by atoms with Gasteiger partial charge in [-0.2, -0.15) is 5.26 Å². The Morgan fingerprint density at radius 3 is 2.59 bits per heavy atom. The van der Waals surface area contributed by atoms with Gasteiger partial charge in [-0.15, -0.1) is 0 Å². The van der Waals surface area contributed by atoms with Crippen molar-refractivity contribution in [3.05, 3.63) is 35.9 Å². The third kappa shape index (κ3) is 1.95. The highest BCUT2D eigenvalue weighted by atomic mass is 35.5. The van der Waals surface area contributed by atoms with Crippen LogP contribution in [0.15, 0.2) is 30.3 Å². The van der Waals surface area contributed by atoms with E-state index >= 15 is 0 Å². The van der Waals surface area contributed by atoms with Crippen LogP contribution < -0.4 is 0 Å². The van der Waals surface area contributed by atoms with Crippen molar-refractivity contribution in [3.8, 4) is 6.19 Å². The molecular weight excluding hydrogens is 242 g/mol. The van der Waals surface area contributed by atoms with Crippen molar-refractivity contribution in [2.24, 2.45) is 0 Å². The lowest BCUT2D eigenvalue weighted by Gasteiger charge is -2.14. The number of carbonyl (C=O) groups excluding carboxylic acids is 2. The fraction of sp³-hybridized carbons (Fsp3) is 0.182. The molecule has 0 spiro atoms. The van der Waals surface area contributed by atoms with Crippen molar-refractivity contribution in [2.45, 2.75) is 6.04 Å². The third-order valence-corrected chi connectivity index (χ3v) is 2.81. The Balaban J connectivity index is 2.34. The lowest BCUT2D eigenvalue weighted by Crippen LogP contribution is -2.31. The van der Waals surface area contributed by atoms with E-state index in [2.05, 4.69) is 0 Å². The lowest BCUT2D eigenvalue weighted by molar-refractivity contribution is 0.202. The van der Waals surface area contributed by atoms with Gasteiger partial charge in [0.1, 0.15) is 0 Å². The molecule has 1 atom stereocenters. The van der Waals surface area contributed by atoms with Crippen molar-refractivity contribution in [1.82, 2.24) is 9.80 Å². The zero-order chi connectivity index (χ0) is 12.4. The molecule has 2 rings (SSSR count). The minimum atomic E-state index is -0.867. The summed E-state index contributed by atoms with van der Waals surface area (Å²) in [7, 11) is 0. The summed E-state index contributed by atoms with van der Waals surface area (Å²) in [6.45, 7) is 0.0960. The molecule has 1 aliphatic heterocycles. The Labute approximate surface area is 103 Å². The van der Waals surface area contributed by atoms with Crippen LogP contribution in [0.3, 0.4) is 0 Å². The van der Waals surface area contributed by atoms with Crippen LogP contribution in [0, 0.1) is 11.5 Å². The monoisotopic (exact) mass is 249 g/mol. The summed E-state index contributed by atoms with van der Waals surface area (Å²) in [5.41, 5.74) is 0.794. The van der Waals surface area contributed by atoms with Gasteiger partial charge in [-0.3, -0.25) is 4.79 Å². The average Bonchev–Trinajstić information content (AvgIpc) is 2.67. The fourth-order valence-corrected chi connectivity index (χ4v) is 1.93. The summed E-state index contributed by atoms with van der Waals surface area (Å²) in [5.74, 6) is 0. The molecule has 0 N–H and O–H groups in total. The summed E-state index contributed by atoms with van der Waals surface area (Å²) in [4.78, 5) is 24.5. The highest BCUT2D eigenvalue weighted by molar-refractivity contribution is 6.64. The molecule has 1 aromatic carbocycles. The Bertz CT molecular complexity index is 497. The number of amides is 3. The largest absolute Gasteiger partial charge is 0.341 e. The number of nitrogens with zero attached hydrogens (tertiary/aromatic N) is 3. The predicted octanol–water partition coefficient (Wildman–Crippen LogP) is 2.31. The van der Waals surface area contributed by atoms with Crippen LogP contribution in [0.5, 0.6) is 0 Å². The van der Waals surface area contributed by atoms with Gasteiger partial charge in [-0.05, 0) is 17.2 Å². The van der Waals surface area contributed by atoms with E-state index in [-0.39, 0.29) is 6.54 Å². The molecule has 0 aliphatic carbocycles. The quantitative estimate of drug-likeness (QED) is 0.436. The van der Waals surface area contributed by atoms with E-state index < -0.39 is 17.4 Å². The molecule has 1 heterocycles. The van der Waals surface area contributed by atoms with Crippen LogP contribution in [-0.2, 0) is 0 Å². The van der Waals surface area contributed by atoms with Gasteiger partial charge < -0.3 is 0 Å². The maximum atomic E-state index is 11.7. The van der Waals surface area contributed by atoms with Crippen LogP contribution in [0.2, 0.25) is 0 Å². The Hall–Kier alpha value is -2.06. The third-order valence-electron chi connectivity index (χ3n) is 2.61. The zero-order valence-corrected chi connectivity index (χ0v) is 9.46. The molecule has 0 saturated carbocycles. The molecule has 0 aromatic heterocycles. The molecule has 6 heteroatoms. The highest BCUT2D eigenvalue weighted by Crippen LogP contribution is 2.29. The molecule has 1 saturated heterocycles. The second-order valence-electron chi connectivity index (χ2n) is 3.54. The molecule has 17 heavy (non-hydrogen) atoms. The smallest absolute Gasteiger partial charge is 0.255 e. The van der Waals surface area contributed by atoms with Crippen LogP contribution in [0.25, 0.3) is 0 Å². The topological polar surface area (TPSA) is 64.4 Å². The molecule has 1 aromatic rings. The van der Waals surface area contributed by atoms with Gasteiger partial charge in [0.15, 0.2) is 6.19 Å². The lowest BCUT2D eigenvalue weighted by atomic mass is 10.1. The Morgan fingerprint density at radius 2 is 2.06 bits per heavy atom. The molecule has 1 aliphatic rings. The van der Waals surface area contributed by atoms with E-state index in [1.165, 1.54) is 0 Å². The number of nitriles is 1. The molecule has 0 bridgehead atoms. The Kier molecular flexibility index (Phi) is 2.98. The van der Waals surface area contributed by atoms with E-state index in [4.69, 9.17) is 16.9 Å². The van der Waals surface area contributed by atoms with E-state index in [0.29, 0.717) is 0 Å². The van der Waals surface area contributed by atoms with Gasteiger partial charge in [-0.1, -0.05) is 30.3 Å². The molecule has 86 valence electrons. The molecular formula is C11H8ClN3O2. The predicted molar refractivity (Wildman–Crippen MR) is 60.0 cm³/mol. The average molecular weight is 250 g/mol. The number of hydrogen-bond acceptors (Lipinski definition) is 3. The number of benzene rings is 1. The first-order chi connectivity index (χ1) is 8.15. The highest BCUT2D eigenvalue weighted by Gasteiger charge is 2.41. The SMILES string of the molecule is N#CN1C(=O)N(C(=O)Cl)CC1c1ccccc1. The summed E-state index contributed by atoms with van der Waals surface area (Å²) >= 11 is 5.28. The normalized spacial score (nSPS) is 19.3. The first kappa shape index (κ1) is 11.4. The van der Waals surface area contributed by atoms with E-state index in [9.17, 15) is 9.59 Å². The number of rotatable bonds is 1. The van der Waals surface area contributed by atoms with E-state index in [1.807, 2.05) is 6.07 Å². The second-order valence-corrected chi connectivity index (χ2v) is 3.87. The summed E-state index contributed by atoms with van der Waals surface area (Å²) in [6, 6.07) is 7.90. The maximum absolute atomic E-state index is 11.7. The standard InChI is InChI=1S/C11H8ClN3O2/c12-10(16)14-6-9(15(7-13)11(14)17)8-4-2-1-3-5-8/h1-5,9H,6H2. The number of carbonyl (C=O) groups is 2. The Morgan fingerprint density at radius 1 is 1.41 bits per heavy atom. The van der Waals surface area contributed by atoms with Crippen LogP contribution in [-0.4, -0.2) is 27.7 Å². The van der Waals surface area contributed by atoms with Crippen LogP contribution >= 0.6 is 11.6 Å². The van der Waals surface area contributed by atoms with Gasteiger partial charge in [-0.25, -0.2) is 14.6 Å². The van der Waals surface area contributed by atoms with Crippen LogP contribution in [0.4, 0.5) is 9.59 Å². The number of urea groups is 1. The summed E-state index contributed by atoms with van der Waals surface area (Å²) < 4.78 is 0. The maximum Gasteiger partial charge on any atom is 0.341 e. The van der Waals surface area contributed by atoms with Gasteiger partial charge in [0.05, 0.1) is 12.6 Å². The molecule has 3 amide bonds. The summed E-state index contributed by atoms with van der Waals surface area (Å²) in [5, 5.41) is 8.07. The number of imide groups is 1. The number of hydrogen-bond donors (Lipinski definition) is 0. The van der Waals surface area contributed by atoms with Crippen molar-refractivity contribution in [3.63, 3.8) is 0 Å². The molecule has 1 unspecified atom stereocenters. The molecule has 0 radical (unpaired) electrons. The van der Waals surface area contributed by atoms with Gasteiger partial charge >= 0.3 is 11.4 Å². The van der Waals surface area contributed by atoms with E-state index in [0.717, 1.165) is 15.4 Å². The van der Waals surface area contributed by atoms with Gasteiger partial charge in [0, 0.05) is 0 Å². The van der Waals surface area contributed by atoms with Crippen molar-refractivity contribution >= 4 is 23.0 Å². The van der Waals surface area contributed by atoms with Crippen molar-refractivity contribution in [2.75, 3.05) is 6.54 Å². The zero-order valence-electron chi connectivity index (χ0n) is 8.71. The van der Waals surface area contributed by atoms with Crippen molar-refractivity contribution in [1.29, 1.82) is 5.26 Å². The van der Waals surface area contributed by atoms with Gasteiger partial charge in [0.25, 0.3) is 0 Å². The van der Waals surface area contributed by atoms with Gasteiger partial charge in [0.2, 0.25) is 0 Å².